The molecule has 0 aliphatic rings. The van der Waals surface area contributed by atoms with Crippen LogP contribution in [0.15, 0.2) is 24.4 Å². The number of amides is 2. The van der Waals surface area contributed by atoms with Gasteiger partial charge in [0.2, 0.25) is 0 Å². The van der Waals surface area contributed by atoms with Crippen LogP contribution in [0.1, 0.15) is 12.6 Å². The Labute approximate surface area is 88.5 Å². The van der Waals surface area contributed by atoms with E-state index in [9.17, 15) is 4.79 Å². The zero-order chi connectivity index (χ0) is 11.1. The number of carbonyl (C=O) groups excluding carboxylic acids is 1. The fraction of sp³-hybridized carbons (Fsp3) is 0.400. The molecule has 15 heavy (non-hydrogen) atoms. The Balaban J connectivity index is 2.29. The molecule has 5 nitrogen and oxygen atoms in total. The minimum Gasteiger partial charge on any atom is -0.394 e. The number of carbonyl (C=O) groups is 1. The van der Waals surface area contributed by atoms with Crippen LogP contribution in [0.2, 0.25) is 0 Å². The molecular formula is C10H15N3O2. The third-order valence-electron chi connectivity index (χ3n) is 1.81. The van der Waals surface area contributed by atoms with E-state index in [1.165, 1.54) is 0 Å². The van der Waals surface area contributed by atoms with Crippen molar-refractivity contribution in [3.8, 4) is 0 Å². The summed E-state index contributed by atoms with van der Waals surface area (Å²) in [6.45, 7) is 2.03. The lowest BCUT2D eigenvalue weighted by molar-refractivity contribution is 0.220. The number of aliphatic hydroxyl groups is 1. The van der Waals surface area contributed by atoms with Crippen LogP contribution in [0.25, 0.3) is 0 Å². The summed E-state index contributed by atoms with van der Waals surface area (Å²) >= 11 is 0. The van der Waals surface area contributed by atoms with Gasteiger partial charge in [0.1, 0.15) is 0 Å². The van der Waals surface area contributed by atoms with E-state index in [1.54, 1.807) is 13.1 Å². The molecule has 5 heteroatoms. The lowest BCUT2D eigenvalue weighted by Gasteiger charge is -2.11. The number of rotatable bonds is 4. The molecule has 82 valence electrons. The third kappa shape index (κ3) is 4.42. The van der Waals surface area contributed by atoms with Crippen LogP contribution in [0.5, 0.6) is 0 Å². The number of urea groups is 1. The van der Waals surface area contributed by atoms with Gasteiger partial charge < -0.3 is 15.7 Å². The first-order valence-corrected chi connectivity index (χ1v) is 4.77. The molecule has 1 unspecified atom stereocenters. The molecule has 0 radical (unpaired) electrons. The summed E-state index contributed by atoms with van der Waals surface area (Å²) in [4.78, 5) is 15.3. The van der Waals surface area contributed by atoms with Crippen LogP contribution in [0, 0.1) is 0 Å². The predicted octanol–water partition coefficient (Wildman–Crippen LogP) is 0.262. The summed E-state index contributed by atoms with van der Waals surface area (Å²) in [7, 11) is 0. The van der Waals surface area contributed by atoms with Crippen molar-refractivity contribution in [2.45, 2.75) is 19.5 Å². The largest absolute Gasteiger partial charge is 0.394 e. The minimum absolute atomic E-state index is 0.0724. The molecule has 3 N–H and O–H groups in total. The second-order valence-corrected chi connectivity index (χ2v) is 3.23. The Kier molecular flexibility index (Phi) is 4.56. The monoisotopic (exact) mass is 209 g/mol. The van der Waals surface area contributed by atoms with Gasteiger partial charge in [0.15, 0.2) is 0 Å². The summed E-state index contributed by atoms with van der Waals surface area (Å²) < 4.78 is 0. The van der Waals surface area contributed by atoms with Gasteiger partial charge in [0, 0.05) is 6.20 Å². The van der Waals surface area contributed by atoms with Crippen LogP contribution in [0.4, 0.5) is 4.79 Å². The first kappa shape index (κ1) is 11.5. The lowest BCUT2D eigenvalue weighted by atomic mass is 10.3. The Bertz CT molecular complexity index is 303. The fourth-order valence-corrected chi connectivity index (χ4v) is 0.994. The average Bonchev–Trinajstić information content (AvgIpc) is 2.27. The highest BCUT2D eigenvalue weighted by atomic mass is 16.3. The first-order chi connectivity index (χ1) is 7.22. The molecule has 0 bridgehead atoms. The van der Waals surface area contributed by atoms with Gasteiger partial charge in [0.25, 0.3) is 0 Å². The maximum Gasteiger partial charge on any atom is 0.315 e. The third-order valence-corrected chi connectivity index (χ3v) is 1.81. The van der Waals surface area contributed by atoms with E-state index in [0.717, 1.165) is 5.69 Å². The van der Waals surface area contributed by atoms with Crippen LogP contribution < -0.4 is 10.6 Å². The maximum atomic E-state index is 11.2. The quantitative estimate of drug-likeness (QED) is 0.666. The zero-order valence-electron chi connectivity index (χ0n) is 8.60. The molecule has 0 saturated heterocycles. The second-order valence-electron chi connectivity index (χ2n) is 3.23. The number of nitrogens with one attached hydrogen (secondary N) is 2. The topological polar surface area (TPSA) is 74.2 Å². The van der Waals surface area contributed by atoms with Crippen LogP contribution in [-0.4, -0.2) is 28.8 Å². The molecule has 1 atom stereocenters. The highest BCUT2D eigenvalue weighted by Gasteiger charge is 2.04. The van der Waals surface area contributed by atoms with E-state index >= 15 is 0 Å². The first-order valence-electron chi connectivity index (χ1n) is 4.77. The molecule has 1 aromatic rings. The SMILES string of the molecule is CC(CO)NC(=O)NCc1ccccn1. The van der Waals surface area contributed by atoms with E-state index in [4.69, 9.17) is 5.11 Å². The summed E-state index contributed by atoms with van der Waals surface area (Å²) in [6.07, 6.45) is 1.67. The van der Waals surface area contributed by atoms with Gasteiger partial charge in [-0.15, -0.1) is 0 Å². The molecule has 1 aromatic heterocycles. The molecular weight excluding hydrogens is 194 g/mol. The number of aliphatic hydroxyl groups excluding tert-OH is 1. The van der Waals surface area contributed by atoms with E-state index in [2.05, 4.69) is 15.6 Å². The molecule has 0 fully saturated rings. The predicted molar refractivity (Wildman–Crippen MR) is 56.2 cm³/mol. The van der Waals surface area contributed by atoms with Crippen molar-refractivity contribution in [1.29, 1.82) is 0 Å². The number of nitrogens with zero attached hydrogens (tertiary/aromatic N) is 1. The highest BCUT2D eigenvalue weighted by Crippen LogP contribution is 1.91. The number of aromatic nitrogens is 1. The van der Waals surface area contributed by atoms with Crippen molar-refractivity contribution >= 4 is 6.03 Å². The van der Waals surface area contributed by atoms with Gasteiger partial charge >= 0.3 is 6.03 Å². The molecule has 0 saturated carbocycles. The fourth-order valence-electron chi connectivity index (χ4n) is 0.994. The normalized spacial score (nSPS) is 11.9. The molecule has 0 spiro atoms. The van der Waals surface area contributed by atoms with Crippen LogP contribution in [-0.2, 0) is 6.54 Å². The van der Waals surface area contributed by atoms with E-state index in [0.29, 0.717) is 6.54 Å². The summed E-state index contributed by atoms with van der Waals surface area (Å²) in [5.41, 5.74) is 0.796. The van der Waals surface area contributed by atoms with Gasteiger partial charge in [-0.3, -0.25) is 4.98 Å². The van der Waals surface area contributed by atoms with Gasteiger partial charge in [-0.05, 0) is 19.1 Å². The van der Waals surface area contributed by atoms with Gasteiger partial charge in [0.05, 0.1) is 24.9 Å². The van der Waals surface area contributed by atoms with Crippen molar-refractivity contribution in [3.05, 3.63) is 30.1 Å². The summed E-state index contributed by atoms with van der Waals surface area (Å²) in [5, 5.41) is 13.9. The smallest absolute Gasteiger partial charge is 0.315 e. The Hall–Kier alpha value is -1.62. The Morgan fingerprint density at radius 2 is 2.40 bits per heavy atom. The van der Waals surface area contributed by atoms with Crippen molar-refractivity contribution in [3.63, 3.8) is 0 Å². The van der Waals surface area contributed by atoms with Crippen LogP contribution in [0.3, 0.4) is 0 Å². The highest BCUT2D eigenvalue weighted by molar-refractivity contribution is 5.74. The molecule has 1 heterocycles. The maximum absolute atomic E-state index is 11.2. The van der Waals surface area contributed by atoms with E-state index in [1.807, 2.05) is 18.2 Å². The molecule has 2 amide bonds. The number of pyridine rings is 1. The Morgan fingerprint density at radius 1 is 1.60 bits per heavy atom. The molecule has 0 aromatic carbocycles. The van der Waals surface area contributed by atoms with Crippen molar-refractivity contribution < 1.29 is 9.90 Å². The van der Waals surface area contributed by atoms with Crippen molar-refractivity contribution in [2.24, 2.45) is 0 Å². The summed E-state index contributed by atoms with van der Waals surface area (Å²) in [6, 6.07) is 4.96. The van der Waals surface area contributed by atoms with Gasteiger partial charge in [-0.1, -0.05) is 6.07 Å². The van der Waals surface area contributed by atoms with Gasteiger partial charge in [-0.2, -0.15) is 0 Å². The standard InChI is InChI=1S/C10H15N3O2/c1-8(7-14)13-10(15)12-6-9-4-2-3-5-11-9/h2-5,8,14H,6-7H2,1H3,(H2,12,13,15). The van der Waals surface area contributed by atoms with E-state index < -0.39 is 0 Å². The van der Waals surface area contributed by atoms with Crippen molar-refractivity contribution in [2.75, 3.05) is 6.61 Å². The average molecular weight is 209 g/mol. The Morgan fingerprint density at radius 3 is 3.00 bits per heavy atom. The number of hydrogen-bond acceptors (Lipinski definition) is 3. The van der Waals surface area contributed by atoms with Gasteiger partial charge in [-0.25, -0.2) is 4.79 Å². The zero-order valence-corrected chi connectivity index (χ0v) is 8.60. The molecule has 0 aliphatic carbocycles. The van der Waals surface area contributed by atoms with E-state index in [-0.39, 0.29) is 18.7 Å². The van der Waals surface area contributed by atoms with Crippen LogP contribution >= 0.6 is 0 Å². The molecule has 1 rings (SSSR count). The van der Waals surface area contributed by atoms with Crippen molar-refractivity contribution in [1.82, 2.24) is 15.6 Å². The minimum atomic E-state index is -0.304. The summed E-state index contributed by atoms with van der Waals surface area (Å²) in [5.74, 6) is 0. The molecule has 0 aliphatic heterocycles. The number of hydrogen-bond donors (Lipinski definition) is 3. The lowest BCUT2D eigenvalue weighted by Crippen LogP contribution is -2.42. The second kappa shape index (κ2) is 5.98.